The summed E-state index contributed by atoms with van der Waals surface area (Å²) in [5.74, 6) is 1.33. The van der Waals surface area contributed by atoms with Gasteiger partial charge in [0, 0.05) is 31.1 Å². The molecule has 0 bridgehead atoms. The SMILES string of the molecule is CCNC(=NCc1nc(C(F)(F)F)cs1)NCC(C)N1CCCC(C)C1.I. The van der Waals surface area contributed by atoms with Crippen LogP contribution in [0.2, 0.25) is 0 Å². The van der Waals surface area contributed by atoms with Gasteiger partial charge in [-0.25, -0.2) is 9.98 Å². The topological polar surface area (TPSA) is 52.6 Å². The fourth-order valence-corrected chi connectivity index (χ4v) is 3.73. The highest BCUT2D eigenvalue weighted by molar-refractivity contribution is 14.0. The molecule has 5 nitrogen and oxygen atoms in total. The van der Waals surface area contributed by atoms with Crippen LogP contribution in [0.15, 0.2) is 10.4 Å². The van der Waals surface area contributed by atoms with Crippen molar-refractivity contribution in [3.63, 3.8) is 0 Å². The maximum absolute atomic E-state index is 12.6. The first-order valence-corrected chi connectivity index (χ1v) is 9.95. The largest absolute Gasteiger partial charge is 0.434 e. The molecule has 2 N–H and O–H groups in total. The van der Waals surface area contributed by atoms with Crippen LogP contribution in [0.25, 0.3) is 0 Å². The second kappa shape index (κ2) is 11.4. The van der Waals surface area contributed by atoms with Crippen LogP contribution >= 0.6 is 35.3 Å². The minimum atomic E-state index is -4.40. The number of guanidine groups is 1. The minimum absolute atomic E-state index is 0. The van der Waals surface area contributed by atoms with Crippen molar-refractivity contribution in [2.75, 3.05) is 26.2 Å². The minimum Gasteiger partial charge on any atom is -0.357 e. The zero-order valence-electron chi connectivity index (χ0n) is 16.0. The summed E-state index contributed by atoms with van der Waals surface area (Å²) in [6.45, 7) is 10.2. The molecule has 0 radical (unpaired) electrons. The Bertz CT molecular complexity index is 593. The van der Waals surface area contributed by atoms with Crippen molar-refractivity contribution in [1.82, 2.24) is 20.5 Å². The van der Waals surface area contributed by atoms with Crippen LogP contribution in [0.1, 0.15) is 44.3 Å². The van der Waals surface area contributed by atoms with Crippen LogP contribution in [-0.4, -0.2) is 48.1 Å². The van der Waals surface area contributed by atoms with Gasteiger partial charge in [-0.05, 0) is 39.2 Å². The fourth-order valence-electron chi connectivity index (χ4n) is 3.00. The Labute approximate surface area is 180 Å². The molecule has 1 aliphatic heterocycles. The Morgan fingerprint density at radius 2 is 2.19 bits per heavy atom. The lowest BCUT2D eigenvalue weighted by molar-refractivity contribution is -0.140. The number of thiazole rings is 1. The van der Waals surface area contributed by atoms with E-state index in [9.17, 15) is 13.2 Å². The number of likely N-dealkylation sites (tertiary alicyclic amines) is 1. The molecule has 1 aromatic heterocycles. The molecule has 2 unspecified atom stereocenters. The molecule has 156 valence electrons. The van der Waals surface area contributed by atoms with Crippen LogP contribution in [0.4, 0.5) is 13.2 Å². The van der Waals surface area contributed by atoms with Crippen LogP contribution in [0.5, 0.6) is 0 Å². The number of nitrogens with zero attached hydrogens (tertiary/aromatic N) is 3. The van der Waals surface area contributed by atoms with Crippen LogP contribution in [0.3, 0.4) is 0 Å². The van der Waals surface area contributed by atoms with E-state index < -0.39 is 11.9 Å². The number of aromatic nitrogens is 1. The standard InChI is InChI=1S/C17H28F3N5S.HI/c1-4-21-16(22-8-13(3)25-7-5-6-12(2)10-25)23-9-15-24-14(11-26-15)17(18,19)20;/h11-13H,4-10H2,1-3H3,(H2,21,22,23);1H. The summed E-state index contributed by atoms with van der Waals surface area (Å²) < 4.78 is 37.8. The zero-order chi connectivity index (χ0) is 19.2. The molecule has 1 fully saturated rings. The first kappa shape index (κ1) is 24.4. The molecule has 2 rings (SSSR count). The van der Waals surface area contributed by atoms with Crippen molar-refractivity contribution in [3.8, 4) is 0 Å². The number of alkyl halides is 3. The number of piperidine rings is 1. The molecule has 0 saturated carbocycles. The van der Waals surface area contributed by atoms with Gasteiger partial charge in [-0.15, -0.1) is 35.3 Å². The molecular weight excluding hydrogens is 490 g/mol. The molecule has 10 heteroatoms. The van der Waals surface area contributed by atoms with Crippen LogP contribution < -0.4 is 10.6 Å². The average molecular weight is 519 g/mol. The summed E-state index contributed by atoms with van der Waals surface area (Å²) >= 11 is 0.982. The highest BCUT2D eigenvalue weighted by atomic mass is 127. The number of halogens is 4. The molecule has 0 spiro atoms. The van der Waals surface area contributed by atoms with Crippen molar-refractivity contribution in [2.24, 2.45) is 10.9 Å². The third kappa shape index (κ3) is 8.10. The molecule has 2 heterocycles. The highest BCUT2D eigenvalue weighted by Gasteiger charge is 2.33. The van der Waals surface area contributed by atoms with Crippen molar-refractivity contribution < 1.29 is 13.2 Å². The van der Waals surface area contributed by atoms with Gasteiger partial charge in [0.1, 0.15) is 5.01 Å². The number of rotatable bonds is 6. The predicted octanol–water partition coefficient (Wildman–Crippen LogP) is 3.96. The maximum Gasteiger partial charge on any atom is 0.434 e. The maximum atomic E-state index is 12.6. The number of aliphatic imine (C=N–C) groups is 1. The second-order valence-corrected chi connectivity index (χ2v) is 7.73. The van der Waals surface area contributed by atoms with E-state index in [1.54, 1.807) is 0 Å². The predicted molar refractivity (Wildman–Crippen MR) is 115 cm³/mol. The fraction of sp³-hybridized carbons (Fsp3) is 0.765. The van der Waals surface area contributed by atoms with E-state index in [1.807, 2.05) is 6.92 Å². The normalized spacial score (nSPS) is 20.1. The van der Waals surface area contributed by atoms with Gasteiger partial charge < -0.3 is 10.6 Å². The van der Waals surface area contributed by atoms with E-state index in [2.05, 4.69) is 39.4 Å². The van der Waals surface area contributed by atoms with E-state index in [1.165, 1.54) is 12.8 Å². The van der Waals surface area contributed by atoms with E-state index in [0.29, 0.717) is 23.6 Å². The van der Waals surface area contributed by atoms with Gasteiger partial charge >= 0.3 is 6.18 Å². The summed E-state index contributed by atoms with van der Waals surface area (Å²) in [6, 6.07) is 0.373. The van der Waals surface area contributed by atoms with E-state index in [4.69, 9.17) is 0 Å². The van der Waals surface area contributed by atoms with Gasteiger partial charge in [-0.1, -0.05) is 6.92 Å². The van der Waals surface area contributed by atoms with Crippen LogP contribution in [-0.2, 0) is 12.7 Å². The summed E-state index contributed by atoms with van der Waals surface area (Å²) in [5.41, 5.74) is -0.849. The third-order valence-electron chi connectivity index (χ3n) is 4.44. The summed E-state index contributed by atoms with van der Waals surface area (Å²) in [5, 5.41) is 7.81. The molecule has 0 aromatic carbocycles. The Balaban J connectivity index is 0.00000364. The lowest BCUT2D eigenvalue weighted by Gasteiger charge is -2.35. The average Bonchev–Trinajstić information content (AvgIpc) is 3.06. The van der Waals surface area contributed by atoms with Crippen molar-refractivity contribution in [2.45, 2.75) is 52.4 Å². The Kier molecular flexibility index (Phi) is 10.3. The van der Waals surface area contributed by atoms with Crippen molar-refractivity contribution in [1.29, 1.82) is 0 Å². The molecule has 1 saturated heterocycles. The molecule has 27 heavy (non-hydrogen) atoms. The lowest BCUT2D eigenvalue weighted by Crippen LogP contribution is -2.48. The van der Waals surface area contributed by atoms with E-state index >= 15 is 0 Å². The quantitative estimate of drug-likeness (QED) is 0.340. The molecule has 0 aliphatic carbocycles. The van der Waals surface area contributed by atoms with Gasteiger partial charge in [0.15, 0.2) is 11.7 Å². The number of hydrogen-bond acceptors (Lipinski definition) is 4. The molecular formula is C17H29F3IN5S. The lowest BCUT2D eigenvalue weighted by atomic mass is 9.99. The number of hydrogen-bond donors (Lipinski definition) is 2. The Hall–Kier alpha value is -0.620. The monoisotopic (exact) mass is 519 g/mol. The summed E-state index contributed by atoms with van der Waals surface area (Å²) in [7, 11) is 0. The molecule has 0 amide bonds. The first-order valence-electron chi connectivity index (χ1n) is 9.07. The number of nitrogens with one attached hydrogen (secondary N) is 2. The van der Waals surface area contributed by atoms with Gasteiger partial charge in [-0.3, -0.25) is 4.90 Å². The Morgan fingerprint density at radius 3 is 2.78 bits per heavy atom. The smallest absolute Gasteiger partial charge is 0.357 e. The third-order valence-corrected chi connectivity index (χ3v) is 5.27. The van der Waals surface area contributed by atoms with E-state index in [-0.39, 0.29) is 30.5 Å². The van der Waals surface area contributed by atoms with E-state index in [0.717, 1.165) is 42.3 Å². The molecule has 2 atom stereocenters. The zero-order valence-corrected chi connectivity index (χ0v) is 19.1. The van der Waals surface area contributed by atoms with Crippen molar-refractivity contribution in [3.05, 3.63) is 16.1 Å². The molecule has 1 aliphatic rings. The molecule has 1 aromatic rings. The van der Waals surface area contributed by atoms with Crippen LogP contribution in [0, 0.1) is 5.92 Å². The Morgan fingerprint density at radius 1 is 1.44 bits per heavy atom. The second-order valence-electron chi connectivity index (χ2n) is 6.79. The van der Waals surface area contributed by atoms with Gasteiger partial charge in [0.05, 0.1) is 6.54 Å². The highest BCUT2D eigenvalue weighted by Crippen LogP contribution is 2.30. The van der Waals surface area contributed by atoms with Gasteiger partial charge in [0.2, 0.25) is 0 Å². The van der Waals surface area contributed by atoms with Gasteiger partial charge in [-0.2, -0.15) is 13.2 Å². The summed E-state index contributed by atoms with van der Waals surface area (Å²) in [4.78, 5) is 10.5. The first-order chi connectivity index (χ1) is 12.3. The van der Waals surface area contributed by atoms with Crippen molar-refractivity contribution >= 4 is 41.3 Å². The van der Waals surface area contributed by atoms with Gasteiger partial charge in [0.25, 0.3) is 0 Å². The summed E-state index contributed by atoms with van der Waals surface area (Å²) in [6.07, 6.45) is -1.89.